The zero-order valence-electron chi connectivity index (χ0n) is 9.90. The summed E-state index contributed by atoms with van der Waals surface area (Å²) in [5.74, 6) is 0.302. The molecule has 2 aromatic heterocycles. The molecule has 0 spiro atoms. The van der Waals surface area contributed by atoms with Crippen LogP contribution in [-0.2, 0) is 7.05 Å². The Labute approximate surface area is 110 Å². The summed E-state index contributed by atoms with van der Waals surface area (Å²) >= 11 is -0.101. The van der Waals surface area contributed by atoms with Crippen LogP contribution in [-0.4, -0.2) is 37.6 Å². The second-order valence-corrected chi connectivity index (χ2v) is 4.82. The van der Waals surface area contributed by atoms with Crippen molar-refractivity contribution in [2.45, 2.75) is 5.51 Å². The Morgan fingerprint density at radius 1 is 1.42 bits per heavy atom. The molecule has 10 heteroatoms. The van der Waals surface area contributed by atoms with Gasteiger partial charge in [-0.05, 0) is 11.8 Å². The van der Waals surface area contributed by atoms with E-state index in [1.807, 2.05) is 0 Å². The lowest BCUT2D eigenvalue weighted by atomic mass is 10.4. The van der Waals surface area contributed by atoms with Gasteiger partial charge in [-0.2, -0.15) is 28.2 Å². The molecule has 0 aliphatic heterocycles. The topological polar surface area (TPSA) is 81.7 Å². The lowest BCUT2D eigenvalue weighted by molar-refractivity contribution is -0.0327. The fraction of sp³-hybridized carbons (Fsp3) is 0.444. The first-order valence-electron chi connectivity index (χ1n) is 5.26. The van der Waals surface area contributed by atoms with Crippen LogP contribution in [0, 0.1) is 0 Å². The molecule has 0 bridgehead atoms. The molecule has 19 heavy (non-hydrogen) atoms. The minimum atomic E-state index is -4.23. The van der Waals surface area contributed by atoms with Gasteiger partial charge in [0.15, 0.2) is 5.65 Å². The van der Waals surface area contributed by atoms with Crippen LogP contribution in [0.25, 0.3) is 11.0 Å². The van der Waals surface area contributed by atoms with Gasteiger partial charge < -0.3 is 11.1 Å². The number of anilines is 2. The Morgan fingerprint density at radius 3 is 2.84 bits per heavy atom. The number of aryl methyl sites for hydroxylation is 1. The number of thioether (sulfide) groups is 1. The van der Waals surface area contributed by atoms with E-state index in [0.29, 0.717) is 11.0 Å². The van der Waals surface area contributed by atoms with Gasteiger partial charge in [0.1, 0.15) is 5.82 Å². The third kappa shape index (κ3) is 3.40. The van der Waals surface area contributed by atoms with Crippen molar-refractivity contribution in [3.8, 4) is 0 Å². The van der Waals surface area contributed by atoms with Crippen LogP contribution in [0.4, 0.5) is 24.9 Å². The maximum atomic E-state index is 11.9. The Bertz CT molecular complexity index is 581. The summed E-state index contributed by atoms with van der Waals surface area (Å²) in [5.41, 5.74) is 2.01. The molecule has 2 rings (SSSR count). The zero-order valence-corrected chi connectivity index (χ0v) is 10.7. The first-order chi connectivity index (χ1) is 8.87. The van der Waals surface area contributed by atoms with Crippen molar-refractivity contribution in [2.75, 3.05) is 23.3 Å². The van der Waals surface area contributed by atoms with E-state index in [1.54, 1.807) is 7.05 Å². The zero-order chi connectivity index (χ0) is 14.0. The van der Waals surface area contributed by atoms with E-state index in [4.69, 9.17) is 5.73 Å². The molecule has 6 nitrogen and oxygen atoms in total. The largest absolute Gasteiger partial charge is 0.441 e. The number of halogens is 3. The van der Waals surface area contributed by atoms with Crippen molar-refractivity contribution in [3.63, 3.8) is 0 Å². The first kappa shape index (κ1) is 13.7. The van der Waals surface area contributed by atoms with Crippen LogP contribution in [0.3, 0.4) is 0 Å². The lowest BCUT2D eigenvalue weighted by Gasteiger charge is -2.07. The molecule has 3 N–H and O–H groups in total. The van der Waals surface area contributed by atoms with Crippen LogP contribution in [0.2, 0.25) is 0 Å². The molecule has 0 amide bonds. The average Bonchev–Trinajstić information content (AvgIpc) is 2.66. The maximum Gasteiger partial charge on any atom is 0.441 e. The summed E-state index contributed by atoms with van der Waals surface area (Å²) in [4.78, 5) is 8.10. The quantitative estimate of drug-likeness (QED) is 0.833. The summed E-state index contributed by atoms with van der Waals surface area (Å²) in [6, 6.07) is 0. The van der Waals surface area contributed by atoms with Crippen molar-refractivity contribution < 1.29 is 13.2 Å². The highest BCUT2D eigenvalue weighted by Gasteiger charge is 2.27. The third-order valence-electron chi connectivity index (χ3n) is 2.27. The van der Waals surface area contributed by atoms with Gasteiger partial charge in [0, 0.05) is 19.3 Å². The SMILES string of the molecule is Cn1ncc2c(N)nc(NCCSC(F)(F)F)nc21. The number of nitrogens with two attached hydrogens (primary N) is 1. The van der Waals surface area contributed by atoms with Crippen LogP contribution in [0.5, 0.6) is 0 Å². The number of rotatable bonds is 4. The molecule has 0 unspecified atom stereocenters. The number of hydrogen-bond acceptors (Lipinski definition) is 6. The normalized spacial score (nSPS) is 12.0. The highest BCUT2D eigenvalue weighted by Crippen LogP contribution is 2.29. The highest BCUT2D eigenvalue weighted by molar-refractivity contribution is 8.00. The molecule has 2 aromatic rings. The second-order valence-electron chi connectivity index (χ2n) is 3.66. The van der Waals surface area contributed by atoms with E-state index in [0.717, 1.165) is 0 Å². The summed E-state index contributed by atoms with van der Waals surface area (Å²) < 4.78 is 37.3. The van der Waals surface area contributed by atoms with Gasteiger partial charge >= 0.3 is 5.51 Å². The smallest absolute Gasteiger partial charge is 0.383 e. The van der Waals surface area contributed by atoms with Crippen molar-refractivity contribution in [1.29, 1.82) is 0 Å². The Morgan fingerprint density at radius 2 is 2.16 bits per heavy atom. The third-order valence-corrected chi connectivity index (χ3v) is 3.01. The number of fused-ring (bicyclic) bond motifs is 1. The Kier molecular flexibility index (Phi) is 3.69. The van der Waals surface area contributed by atoms with Crippen molar-refractivity contribution in [2.24, 2.45) is 7.05 Å². The lowest BCUT2D eigenvalue weighted by Crippen LogP contribution is -2.12. The van der Waals surface area contributed by atoms with Crippen LogP contribution >= 0.6 is 11.8 Å². The standard InChI is InChI=1S/C9H11F3N6S/c1-18-7-5(4-15-18)6(13)16-8(17-7)14-2-3-19-9(10,11)12/h4H,2-3H2,1H3,(H3,13,14,16,17). The number of aromatic nitrogens is 4. The first-order valence-corrected chi connectivity index (χ1v) is 6.25. The van der Waals surface area contributed by atoms with Gasteiger partial charge in [-0.3, -0.25) is 4.68 Å². The van der Waals surface area contributed by atoms with E-state index >= 15 is 0 Å². The van der Waals surface area contributed by atoms with Crippen LogP contribution in [0.1, 0.15) is 0 Å². The molecule has 0 saturated heterocycles. The monoisotopic (exact) mass is 292 g/mol. The summed E-state index contributed by atoms with van der Waals surface area (Å²) in [6.45, 7) is 0.0903. The fourth-order valence-corrected chi connectivity index (χ4v) is 1.89. The van der Waals surface area contributed by atoms with Crippen molar-refractivity contribution in [3.05, 3.63) is 6.20 Å². The van der Waals surface area contributed by atoms with Gasteiger partial charge in [-0.25, -0.2) is 0 Å². The summed E-state index contributed by atoms with van der Waals surface area (Å²) in [7, 11) is 1.69. The number of alkyl halides is 3. The number of nitrogen functional groups attached to an aromatic ring is 1. The minimum absolute atomic E-state index is 0.0903. The van der Waals surface area contributed by atoms with E-state index in [2.05, 4.69) is 20.4 Å². The van der Waals surface area contributed by atoms with Crippen LogP contribution < -0.4 is 11.1 Å². The molecule has 0 aliphatic carbocycles. The molecule has 0 saturated carbocycles. The molecule has 0 atom stereocenters. The molecular formula is C9H11F3N6S. The van der Waals surface area contributed by atoms with Gasteiger partial charge in [0.05, 0.1) is 11.6 Å². The molecule has 0 aliphatic rings. The average molecular weight is 292 g/mol. The predicted octanol–water partition coefficient (Wildman–Crippen LogP) is 1.61. The fourth-order valence-electron chi connectivity index (χ4n) is 1.45. The van der Waals surface area contributed by atoms with Gasteiger partial charge in [0.2, 0.25) is 5.95 Å². The molecule has 0 fully saturated rings. The van der Waals surface area contributed by atoms with Crippen molar-refractivity contribution >= 4 is 34.6 Å². The molecule has 0 radical (unpaired) electrons. The van der Waals surface area contributed by atoms with E-state index in [-0.39, 0.29) is 35.8 Å². The Hall–Kier alpha value is -1.71. The van der Waals surface area contributed by atoms with Gasteiger partial charge in [-0.1, -0.05) is 0 Å². The van der Waals surface area contributed by atoms with E-state index in [9.17, 15) is 13.2 Å². The number of nitrogens with one attached hydrogen (secondary N) is 1. The van der Waals surface area contributed by atoms with E-state index < -0.39 is 5.51 Å². The highest BCUT2D eigenvalue weighted by atomic mass is 32.2. The summed E-state index contributed by atoms with van der Waals surface area (Å²) in [6.07, 6.45) is 1.54. The van der Waals surface area contributed by atoms with E-state index in [1.165, 1.54) is 10.9 Å². The predicted molar refractivity (Wildman–Crippen MR) is 67.7 cm³/mol. The van der Waals surface area contributed by atoms with Crippen molar-refractivity contribution in [1.82, 2.24) is 19.7 Å². The minimum Gasteiger partial charge on any atom is -0.383 e. The molecular weight excluding hydrogens is 281 g/mol. The van der Waals surface area contributed by atoms with Gasteiger partial charge in [-0.15, -0.1) is 0 Å². The number of hydrogen-bond donors (Lipinski definition) is 2. The summed E-state index contributed by atoms with van der Waals surface area (Å²) in [5, 5.41) is 7.29. The molecule has 104 valence electrons. The number of nitrogens with zero attached hydrogens (tertiary/aromatic N) is 4. The molecule has 2 heterocycles. The van der Waals surface area contributed by atoms with Crippen LogP contribution in [0.15, 0.2) is 6.20 Å². The second kappa shape index (κ2) is 5.11. The Balaban J connectivity index is 2.03. The van der Waals surface area contributed by atoms with Gasteiger partial charge in [0.25, 0.3) is 0 Å². The maximum absolute atomic E-state index is 11.9. The molecule has 0 aromatic carbocycles.